The number of rotatable bonds is 4. The number of nitrogens with one attached hydrogen (secondary N) is 1. The number of benzene rings is 2. The Morgan fingerprint density at radius 1 is 0.926 bits per heavy atom. The van der Waals surface area contributed by atoms with Crippen LogP contribution in [-0.4, -0.2) is 22.1 Å². The third kappa shape index (κ3) is 3.55. The van der Waals surface area contributed by atoms with Crippen molar-refractivity contribution in [3.63, 3.8) is 0 Å². The molecule has 6 heteroatoms. The lowest BCUT2D eigenvalue weighted by atomic mass is 10.1. The fraction of sp³-hybridized carbons (Fsp3) is 0.0952. The monoisotopic (exact) mass is 376 g/mol. The van der Waals surface area contributed by atoms with Crippen molar-refractivity contribution in [1.82, 2.24) is 15.0 Å². The maximum atomic E-state index is 6.24. The summed E-state index contributed by atoms with van der Waals surface area (Å²) in [6, 6.07) is 15.7. The van der Waals surface area contributed by atoms with E-state index in [9.17, 15) is 0 Å². The average molecular weight is 377 g/mol. The van der Waals surface area contributed by atoms with E-state index in [4.69, 9.17) is 16.3 Å². The smallest absolute Gasteiger partial charge is 0.212 e. The first kappa shape index (κ1) is 17.2. The van der Waals surface area contributed by atoms with Gasteiger partial charge in [-0.1, -0.05) is 23.7 Å². The summed E-state index contributed by atoms with van der Waals surface area (Å²) in [6.07, 6.45) is 3.34. The normalized spacial score (nSPS) is 10.8. The van der Waals surface area contributed by atoms with Crippen LogP contribution >= 0.6 is 11.6 Å². The average Bonchev–Trinajstić information content (AvgIpc) is 2.71. The molecule has 2 aromatic heterocycles. The minimum absolute atomic E-state index is 0.585. The molecule has 2 heterocycles. The molecule has 0 atom stereocenters. The quantitative estimate of drug-likeness (QED) is 0.516. The van der Waals surface area contributed by atoms with Crippen molar-refractivity contribution in [2.24, 2.45) is 0 Å². The summed E-state index contributed by atoms with van der Waals surface area (Å²) >= 11 is 6.24. The molecule has 0 unspecified atom stereocenters. The molecule has 0 aliphatic rings. The number of aryl methyl sites for hydroxylation is 1. The van der Waals surface area contributed by atoms with Crippen LogP contribution in [0.2, 0.25) is 5.02 Å². The fourth-order valence-corrected chi connectivity index (χ4v) is 3.00. The number of fused-ring (bicyclic) bond motifs is 1. The highest BCUT2D eigenvalue weighted by atomic mass is 35.5. The van der Waals surface area contributed by atoms with Crippen LogP contribution in [0.25, 0.3) is 22.0 Å². The molecule has 0 aliphatic heterocycles. The molecule has 0 saturated heterocycles. The molecule has 0 radical (unpaired) electrons. The summed E-state index contributed by atoms with van der Waals surface area (Å²) in [6.45, 7) is 1.97. The van der Waals surface area contributed by atoms with Gasteiger partial charge in [-0.05, 0) is 48.4 Å². The Morgan fingerprint density at radius 3 is 2.52 bits per heavy atom. The van der Waals surface area contributed by atoms with Gasteiger partial charge in [0.15, 0.2) is 0 Å². The Hall–Kier alpha value is -3.18. The summed E-state index contributed by atoms with van der Waals surface area (Å²) < 4.78 is 5.13. The second kappa shape index (κ2) is 7.21. The van der Waals surface area contributed by atoms with Crippen LogP contribution in [0, 0.1) is 6.92 Å². The van der Waals surface area contributed by atoms with E-state index in [1.807, 2.05) is 49.4 Å². The maximum absolute atomic E-state index is 6.24. The van der Waals surface area contributed by atoms with E-state index in [1.165, 1.54) is 0 Å². The first-order valence-electron chi connectivity index (χ1n) is 8.42. The van der Waals surface area contributed by atoms with Crippen LogP contribution < -0.4 is 10.1 Å². The zero-order chi connectivity index (χ0) is 18.8. The number of hydrogen-bond donors (Lipinski definition) is 1. The second-order valence-corrected chi connectivity index (χ2v) is 6.54. The van der Waals surface area contributed by atoms with Crippen LogP contribution in [0.4, 0.5) is 11.5 Å². The van der Waals surface area contributed by atoms with Crippen molar-refractivity contribution in [2.75, 3.05) is 12.4 Å². The highest BCUT2D eigenvalue weighted by Gasteiger charge is 2.08. The van der Waals surface area contributed by atoms with Gasteiger partial charge in [0, 0.05) is 33.9 Å². The molecule has 0 bridgehead atoms. The summed E-state index contributed by atoms with van der Waals surface area (Å²) in [5.74, 6) is 1.31. The first-order chi connectivity index (χ1) is 13.1. The highest BCUT2D eigenvalue weighted by Crippen LogP contribution is 2.29. The minimum Gasteiger partial charge on any atom is -0.481 e. The molecular formula is C21H17ClN4O. The van der Waals surface area contributed by atoms with Crippen molar-refractivity contribution >= 4 is 34.0 Å². The minimum atomic E-state index is 0.585. The Balaban J connectivity index is 1.75. The third-order valence-electron chi connectivity index (χ3n) is 4.35. The number of anilines is 2. The predicted octanol–water partition coefficient (Wildman–Crippen LogP) is 5.41. The largest absolute Gasteiger partial charge is 0.481 e. The van der Waals surface area contributed by atoms with Crippen LogP contribution in [0.5, 0.6) is 5.88 Å². The maximum Gasteiger partial charge on any atom is 0.212 e. The standard InChI is InChI=1S/C21H17ClN4O/c1-13-3-6-16(10-18(13)22)26-21-17-9-14(4-7-19(17)24-12-25-21)15-5-8-20(27-2)23-11-15/h3-12H,1-2H3,(H,24,25,26). The zero-order valence-corrected chi connectivity index (χ0v) is 15.7. The Bertz CT molecular complexity index is 1110. The number of halogens is 1. The summed E-state index contributed by atoms with van der Waals surface area (Å²) in [7, 11) is 1.60. The van der Waals surface area contributed by atoms with Crippen LogP contribution in [0.3, 0.4) is 0 Å². The number of ether oxygens (including phenoxy) is 1. The van der Waals surface area contributed by atoms with Crippen LogP contribution in [0.15, 0.2) is 61.1 Å². The van der Waals surface area contributed by atoms with Crippen LogP contribution in [-0.2, 0) is 0 Å². The van der Waals surface area contributed by atoms with E-state index in [2.05, 4.69) is 26.3 Å². The summed E-state index contributed by atoms with van der Waals surface area (Å²) in [5, 5.41) is 4.97. The molecule has 134 valence electrons. The summed E-state index contributed by atoms with van der Waals surface area (Å²) in [4.78, 5) is 13.1. The van der Waals surface area contributed by atoms with Gasteiger partial charge < -0.3 is 10.1 Å². The molecule has 4 rings (SSSR count). The van der Waals surface area contributed by atoms with E-state index < -0.39 is 0 Å². The highest BCUT2D eigenvalue weighted by molar-refractivity contribution is 6.31. The molecule has 1 N–H and O–H groups in total. The molecule has 0 aliphatic carbocycles. The van der Waals surface area contributed by atoms with Crippen molar-refractivity contribution < 1.29 is 4.74 Å². The molecule has 5 nitrogen and oxygen atoms in total. The van der Waals surface area contributed by atoms with Crippen molar-refractivity contribution in [1.29, 1.82) is 0 Å². The summed E-state index contributed by atoms with van der Waals surface area (Å²) in [5.41, 5.74) is 4.78. The van der Waals surface area contributed by atoms with Gasteiger partial charge in [0.1, 0.15) is 12.1 Å². The van der Waals surface area contributed by atoms with E-state index in [1.54, 1.807) is 19.6 Å². The van der Waals surface area contributed by atoms with Crippen molar-refractivity contribution in [2.45, 2.75) is 6.92 Å². The molecule has 4 aromatic rings. The Morgan fingerprint density at radius 2 is 1.78 bits per heavy atom. The third-order valence-corrected chi connectivity index (χ3v) is 4.76. The van der Waals surface area contributed by atoms with Gasteiger partial charge in [-0.15, -0.1) is 0 Å². The lowest BCUT2D eigenvalue weighted by Gasteiger charge is -2.11. The number of hydrogen-bond acceptors (Lipinski definition) is 5. The van der Waals surface area contributed by atoms with E-state index >= 15 is 0 Å². The van der Waals surface area contributed by atoms with E-state index in [0.29, 0.717) is 10.9 Å². The van der Waals surface area contributed by atoms with E-state index in [0.717, 1.165) is 39.1 Å². The molecule has 0 saturated carbocycles. The number of aromatic nitrogens is 3. The first-order valence-corrected chi connectivity index (χ1v) is 8.80. The van der Waals surface area contributed by atoms with Gasteiger partial charge in [0.25, 0.3) is 0 Å². The fourth-order valence-electron chi connectivity index (χ4n) is 2.81. The van der Waals surface area contributed by atoms with Crippen molar-refractivity contribution in [3.8, 4) is 17.0 Å². The molecular weight excluding hydrogens is 360 g/mol. The lowest BCUT2D eigenvalue weighted by molar-refractivity contribution is 0.398. The number of nitrogens with zero attached hydrogens (tertiary/aromatic N) is 3. The second-order valence-electron chi connectivity index (χ2n) is 6.13. The van der Waals surface area contributed by atoms with Gasteiger partial charge in [-0.25, -0.2) is 15.0 Å². The Kier molecular flexibility index (Phi) is 4.60. The van der Waals surface area contributed by atoms with Gasteiger partial charge in [-0.2, -0.15) is 0 Å². The molecule has 0 fully saturated rings. The number of methoxy groups -OCH3 is 1. The molecule has 27 heavy (non-hydrogen) atoms. The predicted molar refractivity (Wildman–Crippen MR) is 109 cm³/mol. The number of pyridine rings is 1. The van der Waals surface area contributed by atoms with Gasteiger partial charge in [0.05, 0.1) is 12.6 Å². The van der Waals surface area contributed by atoms with Gasteiger partial charge in [0.2, 0.25) is 5.88 Å². The molecule has 0 spiro atoms. The van der Waals surface area contributed by atoms with Crippen LogP contribution in [0.1, 0.15) is 5.56 Å². The zero-order valence-electron chi connectivity index (χ0n) is 14.9. The SMILES string of the molecule is COc1ccc(-c2ccc3ncnc(Nc4ccc(C)c(Cl)c4)c3c2)cn1. The Labute approximate surface area is 162 Å². The van der Waals surface area contributed by atoms with Crippen molar-refractivity contribution in [3.05, 3.63) is 71.6 Å². The molecule has 2 aromatic carbocycles. The van der Waals surface area contributed by atoms with E-state index in [-0.39, 0.29) is 0 Å². The van der Waals surface area contributed by atoms with Gasteiger partial charge >= 0.3 is 0 Å². The van der Waals surface area contributed by atoms with Gasteiger partial charge in [-0.3, -0.25) is 0 Å². The topological polar surface area (TPSA) is 59.9 Å². The lowest BCUT2D eigenvalue weighted by Crippen LogP contribution is -1.96. The molecule has 0 amide bonds.